The Hall–Kier alpha value is -2.47. The van der Waals surface area contributed by atoms with Crippen molar-refractivity contribution in [1.82, 2.24) is 19.5 Å². The van der Waals surface area contributed by atoms with Crippen molar-refractivity contribution in [3.63, 3.8) is 0 Å². The van der Waals surface area contributed by atoms with Gasteiger partial charge in [0.05, 0.1) is 21.7 Å². The second-order valence-corrected chi connectivity index (χ2v) is 8.00. The zero-order valence-electron chi connectivity index (χ0n) is 14.3. The van der Waals surface area contributed by atoms with Gasteiger partial charge in [0.2, 0.25) is 0 Å². The molecule has 0 amide bonds. The highest BCUT2D eigenvalue weighted by molar-refractivity contribution is 9.10. The lowest BCUT2D eigenvalue weighted by molar-refractivity contribution is 1.08. The molecule has 0 bridgehead atoms. The quantitative estimate of drug-likeness (QED) is 0.288. The fourth-order valence-corrected chi connectivity index (χ4v) is 4.12. The summed E-state index contributed by atoms with van der Waals surface area (Å²) in [5.74, 6) is 0.678. The summed E-state index contributed by atoms with van der Waals surface area (Å²) in [6.45, 7) is 0. The minimum Gasteiger partial charge on any atom is -0.274 e. The summed E-state index contributed by atoms with van der Waals surface area (Å²) < 4.78 is 2.82. The average molecular weight is 470 g/mol. The third kappa shape index (κ3) is 2.96. The Morgan fingerprint density at radius 1 is 0.786 bits per heavy atom. The Kier molecular flexibility index (Phi) is 4.31. The second-order valence-electron chi connectivity index (χ2n) is 6.24. The average Bonchev–Trinajstić information content (AvgIpc) is 3.04. The molecule has 0 aliphatic rings. The standard InChI is InChI=1S/C21H11BrCl2N4/c22-13-8-9-18(15(24)11-13)28-20(12-4-3-5-14(23)10-12)27-19-21(28)26-17-7-2-1-6-16(17)25-19/h1-11H. The molecule has 0 unspecified atom stereocenters. The molecule has 0 aliphatic heterocycles. The summed E-state index contributed by atoms with van der Waals surface area (Å²) in [7, 11) is 0. The summed E-state index contributed by atoms with van der Waals surface area (Å²) in [6.07, 6.45) is 0. The van der Waals surface area contributed by atoms with E-state index in [4.69, 9.17) is 38.2 Å². The van der Waals surface area contributed by atoms with Gasteiger partial charge >= 0.3 is 0 Å². The SMILES string of the molecule is Clc1cccc(-c2nc3nc4ccccc4nc3n2-c2ccc(Br)cc2Cl)c1. The number of aromatic nitrogens is 4. The maximum absolute atomic E-state index is 6.58. The molecule has 0 fully saturated rings. The van der Waals surface area contributed by atoms with Crippen molar-refractivity contribution in [1.29, 1.82) is 0 Å². The van der Waals surface area contributed by atoms with Crippen molar-refractivity contribution in [3.05, 3.63) is 81.2 Å². The summed E-state index contributed by atoms with van der Waals surface area (Å²) in [4.78, 5) is 14.3. The zero-order valence-corrected chi connectivity index (χ0v) is 17.4. The lowest BCUT2D eigenvalue weighted by Gasteiger charge is -2.11. The van der Waals surface area contributed by atoms with Crippen molar-refractivity contribution in [3.8, 4) is 17.1 Å². The smallest absolute Gasteiger partial charge is 0.199 e. The van der Waals surface area contributed by atoms with Gasteiger partial charge < -0.3 is 0 Å². The molecule has 136 valence electrons. The summed E-state index contributed by atoms with van der Waals surface area (Å²) >= 11 is 16.3. The number of benzene rings is 3. The van der Waals surface area contributed by atoms with Crippen molar-refractivity contribution in [2.75, 3.05) is 0 Å². The van der Waals surface area contributed by atoms with Gasteiger partial charge in [-0.05, 0) is 42.5 Å². The van der Waals surface area contributed by atoms with Gasteiger partial charge in [0, 0.05) is 15.1 Å². The first kappa shape index (κ1) is 17.6. The van der Waals surface area contributed by atoms with E-state index in [-0.39, 0.29) is 0 Å². The van der Waals surface area contributed by atoms with Crippen LogP contribution >= 0.6 is 39.1 Å². The number of hydrogen-bond donors (Lipinski definition) is 0. The van der Waals surface area contributed by atoms with Crippen molar-refractivity contribution in [2.24, 2.45) is 0 Å². The van der Waals surface area contributed by atoms with Gasteiger partial charge in [-0.15, -0.1) is 0 Å². The van der Waals surface area contributed by atoms with Crippen LogP contribution in [0.3, 0.4) is 0 Å². The van der Waals surface area contributed by atoms with Crippen LogP contribution in [0.5, 0.6) is 0 Å². The first-order valence-corrected chi connectivity index (χ1v) is 10.0. The van der Waals surface area contributed by atoms with E-state index >= 15 is 0 Å². The number of halogens is 3. The summed E-state index contributed by atoms with van der Waals surface area (Å²) in [5.41, 5.74) is 4.40. The first-order valence-electron chi connectivity index (χ1n) is 8.47. The third-order valence-electron chi connectivity index (χ3n) is 4.40. The number of imidazole rings is 1. The molecule has 5 aromatic rings. The maximum atomic E-state index is 6.58. The number of nitrogens with zero attached hydrogens (tertiary/aromatic N) is 4. The Labute approximate surface area is 178 Å². The Bertz CT molecular complexity index is 1360. The molecule has 0 aliphatic carbocycles. The number of fused-ring (bicyclic) bond motifs is 2. The van der Waals surface area contributed by atoms with E-state index < -0.39 is 0 Å². The van der Waals surface area contributed by atoms with Crippen molar-refractivity contribution in [2.45, 2.75) is 0 Å². The summed E-state index contributed by atoms with van der Waals surface area (Å²) in [6, 6.07) is 21.0. The molecule has 2 aromatic heterocycles. The van der Waals surface area contributed by atoms with Crippen LogP contribution in [0, 0.1) is 0 Å². The van der Waals surface area contributed by atoms with E-state index in [1.54, 1.807) is 0 Å². The van der Waals surface area contributed by atoms with Gasteiger partial charge in [-0.3, -0.25) is 4.57 Å². The van der Waals surface area contributed by atoms with Crippen LogP contribution in [0.25, 0.3) is 39.4 Å². The van der Waals surface area contributed by atoms with Crippen molar-refractivity contribution < 1.29 is 0 Å². The van der Waals surface area contributed by atoms with Gasteiger partial charge in [-0.25, -0.2) is 15.0 Å². The van der Waals surface area contributed by atoms with E-state index in [2.05, 4.69) is 15.9 Å². The lowest BCUT2D eigenvalue weighted by atomic mass is 10.2. The monoisotopic (exact) mass is 468 g/mol. The zero-order chi connectivity index (χ0) is 19.3. The van der Waals surface area contributed by atoms with E-state index in [0.717, 1.165) is 26.8 Å². The molecule has 0 atom stereocenters. The molecule has 4 nitrogen and oxygen atoms in total. The molecule has 28 heavy (non-hydrogen) atoms. The molecule has 0 spiro atoms. The Morgan fingerprint density at radius 2 is 1.57 bits per heavy atom. The highest BCUT2D eigenvalue weighted by Gasteiger charge is 2.19. The molecular weight excluding hydrogens is 459 g/mol. The van der Waals surface area contributed by atoms with E-state index in [0.29, 0.717) is 27.2 Å². The fraction of sp³-hybridized carbons (Fsp3) is 0. The number of hydrogen-bond acceptors (Lipinski definition) is 3. The van der Waals surface area contributed by atoms with Gasteiger partial charge in [-0.2, -0.15) is 0 Å². The van der Waals surface area contributed by atoms with Crippen LogP contribution in [0.1, 0.15) is 0 Å². The minimum atomic E-state index is 0.549. The van der Waals surface area contributed by atoms with Crippen molar-refractivity contribution >= 4 is 61.5 Å². The number of rotatable bonds is 2. The predicted molar refractivity (Wildman–Crippen MR) is 117 cm³/mol. The first-order chi connectivity index (χ1) is 13.6. The highest BCUT2D eigenvalue weighted by atomic mass is 79.9. The van der Waals surface area contributed by atoms with E-state index in [1.807, 2.05) is 71.3 Å². The molecule has 3 aromatic carbocycles. The molecular formula is C21H11BrCl2N4. The fourth-order valence-electron chi connectivity index (χ4n) is 3.17. The minimum absolute atomic E-state index is 0.549. The molecule has 2 heterocycles. The maximum Gasteiger partial charge on any atom is 0.199 e. The molecule has 5 rings (SSSR count). The predicted octanol–water partition coefficient (Wildman–Crippen LogP) is 6.71. The van der Waals surface area contributed by atoms with E-state index in [1.165, 1.54) is 0 Å². The molecule has 0 saturated carbocycles. The van der Waals surface area contributed by atoms with Crippen LogP contribution in [-0.2, 0) is 0 Å². The highest BCUT2D eigenvalue weighted by Crippen LogP contribution is 2.33. The van der Waals surface area contributed by atoms with Crippen LogP contribution in [0.4, 0.5) is 0 Å². The molecule has 0 saturated heterocycles. The Morgan fingerprint density at radius 3 is 2.32 bits per heavy atom. The Balaban J connectivity index is 1.91. The molecule has 7 heteroatoms. The molecule has 0 N–H and O–H groups in total. The third-order valence-corrected chi connectivity index (χ3v) is 5.43. The topological polar surface area (TPSA) is 43.6 Å². The van der Waals surface area contributed by atoms with Gasteiger partial charge in [-0.1, -0.05) is 63.4 Å². The molecule has 0 radical (unpaired) electrons. The summed E-state index contributed by atoms with van der Waals surface area (Å²) in [5, 5.41) is 1.20. The van der Waals surface area contributed by atoms with Crippen LogP contribution < -0.4 is 0 Å². The van der Waals surface area contributed by atoms with Gasteiger partial charge in [0.15, 0.2) is 11.3 Å². The largest absolute Gasteiger partial charge is 0.274 e. The van der Waals surface area contributed by atoms with Crippen LogP contribution in [0.15, 0.2) is 71.2 Å². The van der Waals surface area contributed by atoms with E-state index in [9.17, 15) is 0 Å². The normalized spacial score (nSPS) is 11.4. The lowest BCUT2D eigenvalue weighted by Crippen LogP contribution is -2.00. The van der Waals surface area contributed by atoms with Gasteiger partial charge in [0.1, 0.15) is 5.82 Å². The second kappa shape index (κ2) is 6.85. The number of para-hydroxylation sites is 2. The van der Waals surface area contributed by atoms with Gasteiger partial charge in [0.25, 0.3) is 0 Å². The van der Waals surface area contributed by atoms with Crippen LogP contribution in [-0.4, -0.2) is 19.5 Å². The van der Waals surface area contributed by atoms with Crippen LogP contribution in [0.2, 0.25) is 10.0 Å².